The summed E-state index contributed by atoms with van der Waals surface area (Å²) in [5.74, 6) is 0.0243. The maximum absolute atomic E-state index is 13.0. The number of carbonyl (C=O) groups is 1. The maximum atomic E-state index is 13.0. The number of nitrogens with two attached hydrogens (primary N) is 1. The molecular weight excluding hydrogens is 476 g/mol. The molecule has 0 aliphatic rings. The number of fused-ring (bicyclic) bond motifs is 1. The van der Waals surface area contributed by atoms with E-state index in [4.69, 9.17) is 10.5 Å². The van der Waals surface area contributed by atoms with Gasteiger partial charge in [-0.25, -0.2) is 4.79 Å². The molecule has 0 unspecified atom stereocenters. The van der Waals surface area contributed by atoms with Crippen molar-refractivity contribution in [2.24, 2.45) is 0 Å². The highest BCUT2D eigenvalue weighted by atomic mass is 32.2. The Hall–Kier alpha value is -3.88. The summed E-state index contributed by atoms with van der Waals surface area (Å²) < 4.78 is 38.1. The Kier molecular flexibility index (Phi) is 6.51. The normalized spacial score (nSPS) is 11.5. The van der Waals surface area contributed by atoms with Crippen LogP contribution in [0.3, 0.4) is 0 Å². The van der Waals surface area contributed by atoms with Gasteiger partial charge in [-0.3, -0.25) is 4.55 Å². The molecule has 0 saturated carbocycles. The van der Waals surface area contributed by atoms with Crippen LogP contribution in [0.15, 0.2) is 59.5 Å². The third-order valence-electron chi connectivity index (χ3n) is 6.87. The van der Waals surface area contributed by atoms with Gasteiger partial charge in [0.2, 0.25) is 0 Å². The molecule has 0 spiro atoms. The first-order valence-electron chi connectivity index (χ1n) is 11.3. The van der Waals surface area contributed by atoms with Gasteiger partial charge in [-0.15, -0.1) is 0 Å². The van der Waals surface area contributed by atoms with Crippen LogP contribution in [0.25, 0.3) is 10.8 Å². The van der Waals surface area contributed by atoms with Gasteiger partial charge in [0.05, 0.1) is 10.5 Å². The van der Waals surface area contributed by atoms with Crippen molar-refractivity contribution in [2.75, 3.05) is 11.1 Å². The van der Waals surface area contributed by atoms with E-state index in [1.807, 2.05) is 27.7 Å². The number of hydrogen-bond acceptors (Lipinski definition) is 6. The number of nitrogens with one attached hydrogen (secondary N) is 1. The number of ether oxygens (including phenoxy) is 1. The number of carbonyl (C=O) groups excluding carboxylic acids is 1. The van der Waals surface area contributed by atoms with Crippen molar-refractivity contribution in [3.05, 3.63) is 88.0 Å². The second-order valence-corrected chi connectivity index (χ2v) is 10.3. The predicted molar refractivity (Wildman–Crippen MR) is 143 cm³/mol. The van der Waals surface area contributed by atoms with E-state index in [1.165, 1.54) is 17.7 Å². The highest BCUT2D eigenvalue weighted by molar-refractivity contribution is 7.85. The molecule has 0 heterocycles. The van der Waals surface area contributed by atoms with Crippen LogP contribution in [0.1, 0.15) is 38.2 Å². The molecule has 8 heteroatoms. The first-order valence-corrected chi connectivity index (χ1v) is 12.8. The third kappa shape index (κ3) is 4.65. The molecule has 7 nitrogen and oxygen atoms in total. The van der Waals surface area contributed by atoms with Gasteiger partial charge in [0, 0.05) is 27.8 Å². The Balaban J connectivity index is 1.58. The zero-order valence-electron chi connectivity index (χ0n) is 20.8. The molecule has 0 bridgehead atoms. The van der Waals surface area contributed by atoms with Crippen molar-refractivity contribution in [1.29, 1.82) is 0 Å². The lowest BCUT2D eigenvalue weighted by Crippen LogP contribution is -2.15. The fourth-order valence-corrected chi connectivity index (χ4v) is 4.85. The summed E-state index contributed by atoms with van der Waals surface area (Å²) in [4.78, 5) is 12.8. The summed E-state index contributed by atoms with van der Waals surface area (Å²) in [6.07, 6.45) is 0. The lowest BCUT2D eigenvalue weighted by molar-refractivity contribution is 0.0733. The van der Waals surface area contributed by atoms with Crippen molar-refractivity contribution in [3.8, 4) is 5.75 Å². The van der Waals surface area contributed by atoms with Gasteiger partial charge in [-0.1, -0.05) is 6.07 Å². The van der Waals surface area contributed by atoms with Crippen LogP contribution in [-0.4, -0.2) is 18.9 Å². The zero-order valence-corrected chi connectivity index (χ0v) is 21.6. The van der Waals surface area contributed by atoms with Crippen molar-refractivity contribution in [2.45, 2.75) is 39.5 Å². The van der Waals surface area contributed by atoms with Gasteiger partial charge < -0.3 is 15.8 Å². The van der Waals surface area contributed by atoms with E-state index in [0.29, 0.717) is 33.5 Å². The lowest BCUT2D eigenvalue weighted by atomic mass is 9.90. The van der Waals surface area contributed by atoms with Crippen molar-refractivity contribution in [3.63, 3.8) is 0 Å². The molecule has 4 N–H and O–H groups in total. The van der Waals surface area contributed by atoms with E-state index in [0.717, 1.165) is 27.9 Å². The van der Waals surface area contributed by atoms with Crippen LogP contribution in [0.2, 0.25) is 0 Å². The summed E-state index contributed by atoms with van der Waals surface area (Å²) in [7, 11) is -4.35. The molecule has 186 valence electrons. The van der Waals surface area contributed by atoms with Crippen LogP contribution in [0, 0.1) is 34.6 Å². The maximum Gasteiger partial charge on any atom is 0.344 e. The second-order valence-electron chi connectivity index (χ2n) is 8.92. The van der Waals surface area contributed by atoms with E-state index in [1.54, 1.807) is 42.5 Å². The molecule has 0 fully saturated rings. The molecule has 0 saturated heterocycles. The van der Waals surface area contributed by atoms with E-state index in [2.05, 4.69) is 12.2 Å². The second kappa shape index (κ2) is 9.29. The molecule has 4 aromatic rings. The monoisotopic (exact) mass is 504 g/mol. The van der Waals surface area contributed by atoms with E-state index < -0.39 is 16.1 Å². The van der Waals surface area contributed by atoms with E-state index in [-0.39, 0.29) is 4.90 Å². The number of benzene rings is 4. The van der Waals surface area contributed by atoms with Gasteiger partial charge in [-0.2, -0.15) is 8.42 Å². The average molecular weight is 505 g/mol. The number of hydrogen-bond donors (Lipinski definition) is 3. The van der Waals surface area contributed by atoms with Gasteiger partial charge in [0.25, 0.3) is 10.1 Å². The Morgan fingerprint density at radius 2 is 1.39 bits per heavy atom. The minimum atomic E-state index is -4.35. The number of esters is 1. The average Bonchev–Trinajstić information content (AvgIpc) is 2.84. The Morgan fingerprint density at radius 3 is 1.97 bits per heavy atom. The van der Waals surface area contributed by atoms with Crippen molar-refractivity contribution < 1.29 is 22.5 Å². The molecule has 0 aliphatic carbocycles. The minimum Gasteiger partial charge on any atom is -0.423 e. The number of rotatable bonds is 5. The molecule has 4 rings (SSSR count). The van der Waals surface area contributed by atoms with E-state index in [9.17, 15) is 17.8 Å². The van der Waals surface area contributed by atoms with Crippen LogP contribution in [0.5, 0.6) is 5.75 Å². The van der Waals surface area contributed by atoms with Crippen molar-refractivity contribution in [1.82, 2.24) is 0 Å². The standard InChI is InChI=1S/C28H28N2O5S/c1-15-16(2)18(4)27(19(5)17(15)3)28(31)35-21-8-6-20(7-9-21)30-26-13-12-25(29)24-14-22(36(32,33)34)10-11-23(24)26/h6-14,30H,29H2,1-5H3,(H,32,33,34). The molecule has 0 aliphatic heterocycles. The molecular formula is C28H28N2O5S. The molecule has 0 aromatic heterocycles. The highest BCUT2D eigenvalue weighted by Crippen LogP contribution is 2.33. The quantitative estimate of drug-likeness (QED) is 0.129. The topological polar surface area (TPSA) is 119 Å². The van der Waals surface area contributed by atoms with Crippen LogP contribution in [0.4, 0.5) is 17.1 Å². The van der Waals surface area contributed by atoms with Gasteiger partial charge >= 0.3 is 5.97 Å². The molecule has 0 amide bonds. The number of anilines is 3. The SMILES string of the molecule is Cc1c(C)c(C)c(C(=O)Oc2ccc(Nc3ccc(N)c4cc(S(=O)(=O)O)ccc34)cc2)c(C)c1C. The fourth-order valence-electron chi connectivity index (χ4n) is 4.35. The van der Waals surface area contributed by atoms with Crippen LogP contribution < -0.4 is 15.8 Å². The molecule has 0 atom stereocenters. The summed E-state index contributed by atoms with van der Waals surface area (Å²) in [6, 6.07) is 14.7. The smallest absolute Gasteiger partial charge is 0.344 e. The minimum absolute atomic E-state index is 0.227. The summed E-state index contributed by atoms with van der Waals surface area (Å²) >= 11 is 0. The Morgan fingerprint density at radius 1 is 0.806 bits per heavy atom. The zero-order chi connectivity index (χ0) is 26.4. The van der Waals surface area contributed by atoms with Gasteiger partial charge in [0.15, 0.2) is 0 Å². The van der Waals surface area contributed by atoms with Crippen molar-refractivity contribution >= 4 is 43.9 Å². The third-order valence-corrected chi connectivity index (χ3v) is 7.72. The summed E-state index contributed by atoms with van der Waals surface area (Å²) in [5, 5.41) is 4.46. The Bertz CT molecular complexity index is 1600. The lowest BCUT2D eigenvalue weighted by Gasteiger charge is -2.17. The molecule has 36 heavy (non-hydrogen) atoms. The van der Waals surface area contributed by atoms with Gasteiger partial charge in [-0.05, 0) is 111 Å². The van der Waals surface area contributed by atoms with Gasteiger partial charge in [0.1, 0.15) is 5.75 Å². The molecule has 4 aromatic carbocycles. The predicted octanol–water partition coefficient (Wildman–Crippen LogP) is 6.17. The fraction of sp³-hybridized carbons (Fsp3) is 0.179. The first kappa shape index (κ1) is 25.2. The first-order chi connectivity index (χ1) is 16.9. The van der Waals surface area contributed by atoms with Crippen LogP contribution in [-0.2, 0) is 10.1 Å². The summed E-state index contributed by atoms with van der Waals surface area (Å²) in [5.41, 5.74) is 13.6. The van der Waals surface area contributed by atoms with E-state index >= 15 is 0 Å². The van der Waals surface area contributed by atoms with Crippen LogP contribution >= 0.6 is 0 Å². The Labute approximate surface area is 210 Å². The highest BCUT2D eigenvalue weighted by Gasteiger charge is 2.20. The molecule has 0 radical (unpaired) electrons. The number of nitrogen functional groups attached to an aromatic ring is 1. The summed E-state index contributed by atoms with van der Waals surface area (Å²) in [6.45, 7) is 9.96. The largest absolute Gasteiger partial charge is 0.423 e.